The van der Waals surface area contributed by atoms with Gasteiger partial charge in [0.1, 0.15) is 0 Å². The predicted octanol–water partition coefficient (Wildman–Crippen LogP) is 0.969. The first-order chi connectivity index (χ1) is 7.34. The number of hydrogen-bond donors (Lipinski definition) is 2. The Balaban J connectivity index is 2.44. The lowest BCUT2D eigenvalue weighted by Gasteiger charge is -2.37. The fourth-order valence-electron chi connectivity index (χ4n) is 2.07. The summed E-state index contributed by atoms with van der Waals surface area (Å²) >= 11 is 0. The zero-order valence-electron chi connectivity index (χ0n) is 9.37. The van der Waals surface area contributed by atoms with Crippen molar-refractivity contribution in [2.45, 2.75) is 38.1 Å². The fraction of sp³-hybridized carbons (Fsp3) is 1.00. The van der Waals surface area contributed by atoms with Crippen LogP contribution in [0.2, 0.25) is 0 Å². The highest BCUT2D eigenvalue weighted by Crippen LogP contribution is 2.23. The number of likely N-dealkylation sites (tertiary alicyclic amines) is 1. The third-order valence-electron chi connectivity index (χ3n) is 3.21. The first-order valence-corrected chi connectivity index (χ1v) is 5.57. The van der Waals surface area contributed by atoms with Gasteiger partial charge in [0, 0.05) is 19.1 Å². The van der Waals surface area contributed by atoms with Crippen molar-refractivity contribution in [1.82, 2.24) is 4.90 Å². The van der Waals surface area contributed by atoms with E-state index in [4.69, 9.17) is 10.8 Å². The van der Waals surface area contributed by atoms with Gasteiger partial charge in [-0.25, -0.2) is 0 Å². The molecule has 3 atom stereocenters. The van der Waals surface area contributed by atoms with Crippen LogP contribution in [-0.2, 0) is 0 Å². The van der Waals surface area contributed by atoms with E-state index < -0.39 is 12.3 Å². The first-order valence-electron chi connectivity index (χ1n) is 5.57. The van der Waals surface area contributed by atoms with E-state index in [1.165, 1.54) is 0 Å². The number of piperidine rings is 1. The Morgan fingerprint density at radius 2 is 2.12 bits per heavy atom. The zero-order valence-corrected chi connectivity index (χ0v) is 9.37. The van der Waals surface area contributed by atoms with Crippen molar-refractivity contribution in [3.63, 3.8) is 0 Å². The molecule has 0 aromatic carbocycles. The van der Waals surface area contributed by atoms with Crippen molar-refractivity contribution < 1.29 is 18.3 Å². The highest BCUT2D eigenvalue weighted by atomic mass is 19.4. The van der Waals surface area contributed by atoms with Gasteiger partial charge in [0.15, 0.2) is 6.10 Å². The smallest absolute Gasteiger partial charge is 0.382 e. The molecule has 0 bridgehead atoms. The number of aliphatic hydroxyl groups is 1. The lowest BCUT2D eigenvalue weighted by atomic mass is 9.90. The number of rotatable bonds is 3. The van der Waals surface area contributed by atoms with Gasteiger partial charge in [0.25, 0.3) is 0 Å². The Morgan fingerprint density at radius 1 is 1.50 bits per heavy atom. The minimum Gasteiger partial charge on any atom is -0.382 e. The second-order valence-corrected chi connectivity index (χ2v) is 4.44. The number of β-amino-alcohol motifs (C(OH)–C–C–N with tert-alkyl or cyclic N) is 1. The van der Waals surface area contributed by atoms with Crippen LogP contribution in [0.15, 0.2) is 0 Å². The highest BCUT2D eigenvalue weighted by molar-refractivity contribution is 4.84. The number of aliphatic hydroxyl groups excluding tert-OH is 1. The number of hydrogen-bond acceptors (Lipinski definition) is 3. The molecule has 1 saturated heterocycles. The van der Waals surface area contributed by atoms with Crippen LogP contribution in [0.1, 0.15) is 19.8 Å². The van der Waals surface area contributed by atoms with Gasteiger partial charge in [-0.2, -0.15) is 13.2 Å². The highest BCUT2D eigenvalue weighted by Gasteiger charge is 2.40. The summed E-state index contributed by atoms with van der Waals surface area (Å²) in [6, 6.07) is 0.0734. The molecule has 1 heterocycles. The van der Waals surface area contributed by atoms with Gasteiger partial charge >= 0.3 is 6.18 Å². The Bertz CT molecular complexity index is 223. The van der Waals surface area contributed by atoms with Crippen molar-refractivity contribution >= 4 is 0 Å². The molecule has 3 nitrogen and oxygen atoms in total. The molecule has 1 aliphatic rings. The van der Waals surface area contributed by atoms with Gasteiger partial charge in [-0.15, -0.1) is 0 Å². The molecular weight excluding hydrogens is 221 g/mol. The monoisotopic (exact) mass is 240 g/mol. The predicted molar refractivity (Wildman–Crippen MR) is 54.9 cm³/mol. The average Bonchev–Trinajstić information content (AvgIpc) is 2.19. The van der Waals surface area contributed by atoms with E-state index in [1.807, 2.05) is 6.92 Å². The van der Waals surface area contributed by atoms with Crippen molar-refractivity contribution in [1.29, 1.82) is 0 Å². The number of nitrogens with zero attached hydrogens (tertiary/aromatic N) is 1. The molecule has 6 heteroatoms. The molecule has 1 fully saturated rings. The molecule has 0 aliphatic carbocycles. The van der Waals surface area contributed by atoms with E-state index in [2.05, 4.69) is 0 Å². The SMILES string of the molecule is CCC1CN(CC(O)C(F)(F)F)CCC1N. The summed E-state index contributed by atoms with van der Waals surface area (Å²) in [5.74, 6) is 0.231. The first kappa shape index (κ1) is 13.7. The van der Waals surface area contributed by atoms with E-state index in [-0.39, 0.29) is 18.5 Å². The van der Waals surface area contributed by atoms with Crippen molar-refractivity contribution in [2.75, 3.05) is 19.6 Å². The summed E-state index contributed by atoms with van der Waals surface area (Å²) in [7, 11) is 0. The normalized spacial score (nSPS) is 30.4. The quantitative estimate of drug-likeness (QED) is 0.772. The van der Waals surface area contributed by atoms with Gasteiger partial charge in [-0.3, -0.25) is 0 Å². The van der Waals surface area contributed by atoms with Crippen LogP contribution in [0.4, 0.5) is 13.2 Å². The van der Waals surface area contributed by atoms with E-state index in [1.54, 1.807) is 4.90 Å². The van der Waals surface area contributed by atoms with Gasteiger partial charge in [0.05, 0.1) is 0 Å². The van der Waals surface area contributed by atoms with Crippen LogP contribution in [0.25, 0.3) is 0 Å². The number of halogens is 3. The Labute approximate surface area is 93.4 Å². The summed E-state index contributed by atoms with van der Waals surface area (Å²) in [6.45, 7) is 2.72. The van der Waals surface area contributed by atoms with Crippen LogP contribution in [0.5, 0.6) is 0 Å². The van der Waals surface area contributed by atoms with Crippen LogP contribution in [0, 0.1) is 5.92 Å². The van der Waals surface area contributed by atoms with Crippen LogP contribution in [-0.4, -0.2) is 48.0 Å². The van der Waals surface area contributed by atoms with Gasteiger partial charge in [-0.05, 0) is 18.9 Å². The molecule has 3 unspecified atom stereocenters. The Morgan fingerprint density at radius 3 is 2.62 bits per heavy atom. The zero-order chi connectivity index (χ0) is 12.3. The summed E-state index contributed by atoms with van der Waals surface area (Å²) < 4.78 is 36.5. The maximum absolute atomic E-state index is 12.2. The second-order valence-electron chi connectivity index (χ2n) is 4.44. The van der Waals surface area contributed by atoms with E-state index >= 15 is 0 Å². The topological polar surface area (TPSA) is 49.5 Å². The van der Waals surface area contributed by atoms with E-state index in [9.17, 15) is 13.2 Å². The van der Waals surface area contributed by atoms with Gasteiger partial charge < -0.3 is 15.7 Å². The molecule has 3 N–H and O–H groups in total. The Kier molecular flexibility index (Phi) is 4.58. The molecular formula is C10H19F3N2O. The van der Waals surface area contributed by atoms with Crippen molar-refractivity contribution in [3.05, 3.63) is 0 Å². The molecule has 0 spiro atoms. The fourth-order valence-corrected chi connectivity index (χ4v) is 2.07. The standard InChI is InChI=1S/C10H19F3N2O/c1-2-7-5-15(4-3-8(7)14)6-9(16)10(11,12)13/h7-9,16H,2-6,14H2,1H3. The van der Waals surface area contributed by atoms with Gasteiger partial charge in [-0.1, -0.05) is 13.3 Å². The Hall–Kier alpha value is -0.330. The van der Waals surface area contributed by atoms with Crippen molar-refractivity contribution in [2.24, 2.45) is 11.7 Å². The number of alkyl halides is 3. The van der Waals surface area contributed by atoms with Crippen LogP contribution in [0.3, 0.4) is 0 Å². The molecule has 1 aliphatic heterocycles. The van der Waals surface area contributed by atoms with Gasteiger partial charge in [0.2, 0.25) is 0 Å². The minimum atomic E-state index is -4.53. The largest absolute Gasteiger partial charge is 0.415 e. The third-order valence-corrected chi connectivity index (χ3v) is 3.21. The molecule has 0 radical (unpaired) electrons. The van der Waals surface area contributed by atoms with E-state index in [0.717, 1.165) is 6.42 Å². The molecule has 0 aromatic heterocycles. The summed E-state index contributed by atoms with van der Waals surface area (Å²) in [5, 5.41) is 8.96. The summed E-state index contributed by atoms with van der Waals surface area (Å²) in [5.41, 5.74) is 5.86. The van der Waals surface area contributed by atoms with E-state index in [0.29, 0.717) is 19.5 Å². The lowest BCUT2D eigenvalue weighted by Crippen LogP contribution is -2.50. The third kappa shape index (κ3) is 3.61. The number of nitrogens with two attached hydrogens (primary N) is 1. The maximum atomic E-state index is 12.2. The van der Waals surface area contributed by atoms with Crippen LogP contribution >= 0.6 is 0 Å². The molecule has 1 rings (SSSR count). The molecule has 0 saturated carbocycles. The second kappa shape index (κ2) is 5.33. The van der Waals surface area contributed by atoms with Crippen molar-refractivity contribution in [3.8, 4) is 0 Å². The average molecular weight is 240 g/mol. The summed E-state index contributed by atoms with van der Waals surface area (Å²) in [6.07, 6.45) is -5.22. The molecule has 0 amide bonds. The minimum absolute atomic E-state index is 0.0734. The molecule has 16 heavy (non-hydrogen) atoms. The summed E-state index contributed by atoms with van der Waals surface area (Å²) in [4.78, 5) is 1.65. The lowest BCUT2D eigenvalue weighted by molar-refractivity contribution is -0.209. The maximum Gasteiger partial charge on any atom is 0.415 e. The molecule has 96 valence electrons. The molecule has 0 aromatic rings. The van der Waals surface area contributed by atoms with Crippen LogP contribution < -0.4 is 5.73 Å².